The van der Waals surface area contributed by atoms with Crippen LogP contribution in [0.1, 0.15) is 4.88 Å². The van der Waals surface area contributed by atoms with E-state index in [0.717, 1.165) is 11.3 Å². The van der Waals surface area contributed by atoms with E-state index in [1.165, 1.54) is 23.0 Å². The van der Waals surface area contributed by atoms with Crippen molar-refractivity contribution < 1.29 is 8.42 Å². The summed E-state index contributed by atoms with van der Waals surface area (Å²) in [5.74, 6) is 0. The van der Waals surface area contributed by atoms with Gasteiger partial charge in [0.25, 0.3) is 10.0 Å². The zero-order chi connectivity index (χ0) is 12.5. The molecule has 0 amide bonds. The maximum absolute atomic E-state index is 11.9. The number of hydrogen-bond donors (Lipinski definition) is 1. The van der Waals surface area contributed by atoms with E-state index in [1.807, 2.05) is 6.07 Å². The number of aryl methyl sites for hydroxylation is 1. The Morgan fingerprint density at radius 3 is 2.82 bits per heavy atom. The Balaban J connectivity index is 2.28. The third-order valence-electron chi connectivity index (χ3n) is 1.91. The van der Waals surface area contributed by atoms with Crippen LogP contribution in [0.4, 0.5) is 5.69 Å². The van der Waals surface area contributed by atoms with Crippen LogP contribution in [0.3, 0.4) is 0 Å². The highest BCUT2D eigenvalue weighted by Crippen LogP contribution is 2.23. The van der Waals surface area contributed by atoms with Crippen molar-refractivity contribution in [2.45, 2.75) is 4.21 Å². The van der Waals surface area contributed by atoms with Crippen molar-refractivity contribution in [1.29, 1.82) is 5.26 Å². The topological polar surface area (TPSA) is 87.8 Å². The molecule has 2 aromatic heterocycles. The summed E-state index contributed by atoms with van der Waals surface area (Å²) in [6, 6.07) is 4.78. The standard InChI is InChI=1S/C9H8N4O2S2/c1-13-6-7(5-11-13)12-17(14,15)9-3-2-8(4-10)16-9/h2-3,5-6,12H,1H3. The van der Waals surface area contributed by atoms with E-state index in [2.05, 4.69) is 9.82 Å². The lowest BCUT2D eigenvalue weighted by Crippen LogP contribution is -2.10. The molecule has 2 rings (SSSR count). The minimum absolute atomic E-state index is 0.109. The minimum Gasteiger partial charge on any atom is -0.276 e. The summed E-state index contributed by atoms with van der Waals surface area (Å²) in [6.45, 7) is 0. The van der Waals surface area contributed by atoms with Gasteiger partial charge in [-0.3, -0.25) is 9.40 Å². The number of hydrogen-bond acceptors (Lipinski definition) is 5. The highest BCUT2D eigenvalue weighted by molar-refractivity contribution is 7.94. The first-order chi connectivity index (χ1) is 8.01. The minimum atomic E-state index is -3.63. The van der Waals surface area contributed by atoms with Gasteiger partial charge in [0.1, 0.15) is 15.2 Å². The summed E-state index contributed by atoms with van der Waals surface area (Å²) in [5.41, 5.74) is 0.388. The molecule has 0 saturated heterocycles. The molecule has 0 bridgehead atoms. The maximum Gasteiger partial charge on any atom is 0.271 e. The maximum atomic E-state index is 11.9. The van der Waals surface area contributed by atoms with Crippen LogP contribution in [0.5, 0.6) is 0 Å². The van der Waals surface area contributed by atoms with Gasteiger partial charge in [0, 0.05) is 13.2 Å². The van der Waals surface area contributed by atoms with Gasteiger partial charge in [-0.25, -0.2) is 8.42 Å². The molecular formula is C9H8N4O2S2. The molecule has 0 aliphatic carbocycles. The largest absolute Gasteiger partial charge is 0.276 e. The van der Waals surface area contributed by atoms with Crippen LogP contribution >= 0.6 is 11.3 Å². The molecule has 0 aliphatic heterocycles. The Morgan fingerprint density at radius 2 is 2.29 bits per heavy atom. The van der Waals surface area contributed by atoms with E-state index in [-0.39, 0.29) is 4.21 Å². The van der Waals surface area contributed by atoms with Crippen LogP contribution in [-0.4, -0.2) is 18.2 Å². The average Bonchev–Trinajstić information content (AvgIpc) is 2.86. The second-order valence-corrected chi connectivity index (χ2v) is 6.23. The van der Waals surface area contributed by atoms with Gasteiger partial charge in [0.15, 0.2) is 0 Å². The summed E-state index contributed by atoms with van der Waals surface area (Å²) >= 11 is 0.927. The van der Waals surface area contributed by atoms with Crippen LogP contribution in [-0.2, 0) is 17.1 Å². The number of anilines is 1. The predicted molar refractivity (Wildman–Crippen MR) is 63.1 cm³/mol. The first kappa shape index (κ1) is 11.6. The lowest BCUT2D eigenvalue weighted by molar-refractivity contribution is 0.603. The highest BCUT2D eigenvalue weighted by Gasteiger charge is 2.17. The zero-order valence-corrected chi connectivity index (χ0v) is 10.4. The molecule has 0 spiro atoms. The molecule has 8 heteroatoms. The number of nitriles is 1. The lowest BCUT2D eigenvalue weighted by atomic mass is 10.5. The molecule has 1 N–H and O–H groups in total. The number of sulfonamides is 1. The monoisotopic (exact) mass is 268 g/mol. The molecule has 88 valence electrons. The molecule has 0 fully saturated rings. The predicted octanol–water partition coefficient (Wildman–Crippen LogP) is 1.15. The summed E-state index contributed by atoms with van der Waals surface area (Å²) in [7, 11) is -1.93. The van der Waals surface area contributed by atoms with Crippen LogP contribution in [0.2, 0.25) is 0 Å². The van der Waals surface area contributed by atoms with E-state index < -0.39 is 10.0 Å². The van der Waals surface area contributed by atoms with E-state index in [1.54, 1.807) is 13.2 Å². The van der Waals surface area contributed by atoms with Crippen LogP contribution in [0.25, 0.3) is 0 Å². The fourth-order valence-corrected chi connectivity index (χ4v) is 3.34. The molecule has 2 aromatic rings. The van der Waals surface area contributed by atoms with E-state index >= 15 is 0 Å². The third kappa shape index (κ3) is 2.46. The van der Waals surface area contributed by atoms with Gasteiger partial charge >= 0.3 is 0 Å². The van der Waals surface area contributed by atoms with E-state index in [9.17, 15) is 8.42 Å². The number of nitrogens with zero attached hydrogens (tertiary/aromatic N) is 3. The Labute approximate surface area is 102 Å². The van der Waals surface area contributed by atoms with Crippen LogP contribution in [0.15, 0.2) is 28.7 Å². The van der Waals surface area contributed by atoms with Crippen molar-refractivity contribution in [1.82, 2.24) is 9.78 Å². The van der Waals surface area contributed by atoms with Gasteiger partial charge in [-0.15, -0.1) is 11.3 Å². The molecule has 17 heavy (non-hydrogen) atoms. The molecule has 0 atom stereocenters. The Kier molecular flexibility index (Phi) is 2.87. The summed E-state index contributed by atoms with van der Waals surface area (Å²) in [4.78, 5) is 0.358. The zero-order valence-electron chi connectivity index (χ0n) is 8.78. The van der Waals surface area contributed by atoms with E-state index in [4.69, 9.17) is 5.26 Å². The van der Waals surface area contributed by atoms with Crippen molar-refractivity contribution in [3.05, 3.63) is 29.4 Å². The Hall–Kier alpha value is -1.85. The fourth-order valence-electron chi connectivity index (χ4n) is 1.20. The quantitative estimate of drug-likeness (QED) is 0.904. The van der Waals surface area contributed by atoms with Crippen molar-refractivity contribution in [3.63, 3.8) is 0 Å². The second kappa shape index (κ2) is 4.20. The lowest BCUT2D eigenvalue weighted by Gasteiger charge is -2.01. The van der Waals surface area contributed by atoms with Crippen LogP contribution in [0, 0.1) is 11.3 Å². The number of rotatable bonds is 3. The van der Waals surface area contributed by atoms with Gasteiger partial charge in [0.2, 0.25) is 0 Å². The van der Waals surface area contributed by atoms with Gasteiger partial charge < -0.3 is 0 Å². The SMILES string of the molecule is Cn1cc(NS(=O)(=O)c2ccc(C#N)s2)cn1. The average molecular weight is 268 g/mol. The van der Waals surface area contributed by atoms with E-state index in [0.29, 0.717) is 10.6 Å². The van der Waals surface area contributed by atoms with Crippen molar-refractivity contribution in [2.24, 2.45) is 7.05 Å². The summed E-state index contributed by atoms with van der Waals surface area (Å²) < 4.78 is 27.8. The Morgan fingerprint density at radius 1 is 1.53 bits per heavy atom. The normalized spacial score (nSPS) is 11.1. The number of nitrogens with one attached hydrogen (secondary N) is 1. The van der Waals surface area contributed by atoms with Crippen LogP contribution < -0.4 is 4.72 Å². The van der Waals surface area contributed by atoms with Crippen molar-refractivity contribution >= 4 is 27.0 Å². The third-order valence-corrected chi connectivity index (χ3v) is 4.78. The molecule has 0 saturated carbocycles. The molecule has 6 nitrogen and oxygen atoms in total. The Bertz CT molecular complexity index is 678. The molecule has 0 unspecified atom stereocenters. The molecular weight excluding hydrogens is 260 g/mol. The second-order valence-electron chi connectivity index (χ2n) is 3.24. The summed E-state index contributed by atoms with van der Waals surface area (Å²) in [5, 5.41) is 12.5. The van der Waals surface area contributed by atoms with Gasteiger partial charge in [-0.1, -0.05) is 0 Å². The van der Waals surface area contributed by atoms with Gasteiger partial charge in [-0.2, -0.15) is 10.4 Å². The molecule has 2 heterocycles. The van der Waals surface area contributed by atoms with Crippen molar-refractivity contribution in [2.75, 3.05) is 4.72 Å². The molecule has 0 aromatic carbocycles. The van der Waals surface area contributed by atoms with Gasteiger partial charge in [0.05, 0.1) is 11.9 Å². The first-order valence-electron chi connectivity index (χ1n) is 4.53. The van der Waals surface area contributed by atoms with Gasteiger partial charge in [-0.05, 0) is 12.1 Å². The van der Waals surface area contributed by atoms with Crippen molar-refractivity contribution in [3.8, 4) is 6.07 Å². The highest BCUT2D eigenvalue weighted by atomic mass is 32.2. The smallest absolute Gasteiger partial charge is 0.271 e. The fraction of sp³-hybridized carbons (Fsp3) is 0.111. The number of thiophene rings is 1. The number of aromatic nitrogens is 2. The molecule has 0 aliphatic rings. The molecule has 0 radical (unpaired) electrons. The first-order valence-corrected chi connectivity index (χ1v) is 6.82. The summed E-state index contributed by atoms with van der Waals surface area (Å²) in [6.07, 6.45) is 2.97.